The number of hydrogen-bond acceptors (Lipinski definition) is 5. The molecule has 1 aromatic rings. The number of amides is 2. The molecule has 2 amide bonds. The standard InChI is InChI=1S/C20H29N3O4/c1-3-15(4-2)20(25)21-16-5-6-18-17(13-16)23(19(24)14-27-18)8-7-22-9-11-26-12-10-22/h5-6,13,15H,3-4,7-12,14H2,1-2H3,(H,21,25). The van der Waals surface area contributed by atoms with Crippen molar-refractivity contribution in [1.82, 2.24) is 4.90 Å². The van der Waals surface area contributed by atoms with Gasteiger partial charge >= 0.3 is 0 Å². The van der Waals surface area contributed by atoms with Crippen molar-refractivity contribution in [3.63, 3.8) is 0 Å². The lowest BCUT2D eigenvalue weighted by Gasteiger charge is -2.33. The van der Waals surface area contributed by atoms with Crippen LogP contribution in [-0.2, 0) is 14.3 Å². The van der Waals surface area contributed by atoms with E-state index in [0.29, 0.717) is 18.0 Å². The van der Waals surface area contributed by atoms with Gasteiger partial charge in [0.05, 0.1) is 18.9 Å². The summed E-state index contributed by atoms with van der Waals surface area (Å²) in [5.74, 6) is 0.635. The zero-order valence-corrected chi connectivity index (χ0v) is 16.2. The number of anilines is 2. The minimum Gasteiger partial charge on any atom is -0.482 e. The Kier molecular flexibility index (Phi) is 6.68. The van der Waals surface area contributed by atoms with Crippen LogP contribution in [0.5, 0.6) is 5.75 Å². The van der Waals surface area contributed by atoms with E-state index in [-0.39, 0.29) is 24.3 Å². The molecule has 2 heterocycles. The first-order chi connectivity index (χ1) is 13.1. The van der Waals surface area contributed by atoms with Crippen molar-refractivity contribution < 1.29 is 19.1 Å². The molecule has 0 radical (unpaired) electrons. The molecule has 1 fully saturated rings. The molecule has 1 saturated heterocycles. The normalized spacial score (nSPS) is 17.6. The van der Waals surface area contributed by atoms with Crippen LogP contribution in [0.3, 0.4) is 0 Å². The lowest BCUT2D eigenvalue weighted by Crippen LogP contribution is -2.45. The quantitative estimate of drug-likeness (QED) is 0.790. The number of ether oxygens (including phenoxy) is 2. The van der Waals surface area contributed by atoms with Crippen LogP contribution in [0.15, 0.2) is 18.2 Å². The molecule has 7 heteroatoms. The molecule has 0 saturated carbocycles. The van der Waals surface area contributed by atoms with Gasteiger partial charge in [-0.1, -0.05) is 13.8 Å². The maximum Gasteiger partial charge on any atom is 0.265 e. The number of nitrogens with zero attached hydrogens (tertiary/aromatic N) is 2. The summed E-state index contributed by atoms with van der Waals surface area (Å²) in [7, 11) is 0. The first-order valence-electron chi connectivity index (χ1n) is 9.80. The van der Waals surface area contributed by atoms with Crippen molar-refractivity contribution >= 4 is 23.2 Å². The molecule has 2 aliphatic heterocycles. The van der Waals surface area contributed by atoms with Crippen LogP contribution >= 0.6 is 0 Å². The van der Waals surface area contributed by atoms with Crippen molar-refractivity contribution in [1.29, 1.82) is 0 Å². The van der Waals surface area contributed by atoms with Crippen molar-refractivity contribution in [3.8, 4) is 5.75 Å². The predicted octanol–water partition coefficient (Wildman–Crippen LogP) is 2.12. The smallest absolute Gasteiger partial charge is 0.265 e. The molecular weight excluding hydrogens is 346 g/mol. The third-order valence-electron chi connectivity index (χ3n) is 5.27. The van der Waals surface area contributed by atoms with Gasteiger partial charge in [-0.15, -0.1) is 0 Å². The van der Waals surface area contributed by atoms with Gasteiger partial charge in [-0.3, -0.25) is 14.5 Å². The Hall–Kier alpha value is -2.12. The van der Waals surface area contributed by atoms with E-state index in [2.05, 4.69) is 10.2 Å². The summed E-state index contributed by atoms with van der Waals surface area (Å²) in [5.41, 5.74) is 1.42. The second kappa shape index (κ2) is 9.19. The SMILES string of the molecule is CCC(CC)C(=O)Nc1ccc2c(c1)N(CCN1CCOCC1)C(=O)CO2. The minimum absolute atomic E-state index is 0.00339. The van der Waals surface area contributed by atoms with E-state index in [0.717, 1.165) is 51.4 Å². The molecule has 2 aliphatic rings. The third-order valence-corrected chi connectivity index (χ3v) is 5.27. The minimum atomic E-state index is -0.0563. The Morgan fingerprint density at radius 2 is 1.93 bits per heavy atom. The van der Waals surface area contributed by atoms with E-state index in [1.807, 2.05) is 32.0 Å². The van der Waals surface area contributed by atoms with E-state index in [1.165, 1.54) is 0 Å². The highest BCUT2D eigenvalue weighted by Crippen LogP contribution is 2.34. The van der Waals surface area contributed by atoms with Crippen LogP contribution in [0.4, 0.5) is 11.4 Å². The Balaban J connectivity index is 1.72. The highest BCUT2D eigenvalue weighted by Gasteiger charge is 2.27. The number of morpholine rings is 1. The summed E-state index contributed by atoms with van der Waals surface area (Å²) >= 11 is 0. The monoisotopic (exact) mass is 375 g/mol. The molecule has 0 spiro atoms. The van der Waals surface area contributed by atoms with Gasteiger partial charge in [-0.05, 0) is 31.0 Å². The fourth-order valence-electron chi connectivity index (χ4n) is 3.50. The van der Waals surface area contributed by atoms with Crippen LogP contribution in [0.1, 0.15) is 26.7 Å². The van der Waals surface area contributed by atoms with E-state index < -0.39 is 0 Å². The summed E-state index contributed by atoms with van der Waals surface area (Å²) in [6.45, 7) is 8.71. The maximum absolute atomic E-state index is 12.4. The lowest BCUT2D eigenvalue weighted by molar-refractivity contribution is -0.121. The topological polar surface area (TPSA) is 71.1 Å². The number of carbonyl (C=O) groups excluding carboxylic acids is 2. The second-order valence-electron chi connectivity index (χ2n) is 6.97. The number of benzene rings is 1. The van der Waals surface area contributed by atoms with Gasteiger partial charge in [0.2, 0.25) is 5.91 Å². The van der Waals surface area contributed by atoms with Crippen molar-refractivity contribution in [3.05, 3.63) is 18.2 Å². The van der Waals surface area contributed by atoms with Crippen molar-refractivity contribution in [2.45, 2.75) is 26.7 Å². The van der Waals surface area contributed by atoms with Gasteiger partial charge in [-0.25, -0.2) is 0 Å². The van der Waals surface area contributed by atoms with E-state index in [9.17, 15) is 9.59 Å². The van der Waals surface area contributed by atoms with Crippen LogP contribution in [0.25, 0.3) is 0 Å². The van der Waals surface area contributed by atoms with Gasteiger partial charge in [0, 0.05) is 37.8 Å². The fraction of sp³-hybridized carbons (Fsp3) is 0.600. The first kappa shape index (κ1) is 19.6. The van der Waals surface area contributed by atoms with Crippen LogP contribution in [0.2, 0.25) is 0 Å². The summed E-state index contributed by atoms with van der Waals surface area (Å²) in [6, 6.07) is 5.49. The Bertz CT molecular complexity index is 669. The molecule has 3 rings (SSSR count). The molecule has 7 nitrogen and oxygen atoms in total. The molecular formula is C20H29N3O4. The highest BCUT2D eigenvalue weighted by atomic mass is 16.5. The molecule has 27 heavy (non-hydrogen) atoms. The van der Waals surface area contributed by atoms with E-state index in [4.69, 9.17) is 9.47 Å². The van der Waals surface area contributed by atoms with Gasteiger partial charge < -0.3 is 19.7 Å². The van der Waals surface area contributed by atoms with Crippen LogP contribution in [-0.4, -0.2) is 62.7 Å². The third kappa shape index (κ3) is 4.78. The summed E-state index contributed by atoms with van der Waals surface area (Å²) < 4.78 is 10.9. The van der Waals surface area contributed by atoms with E-state index >= 15 is 0 Å². The predicted molar refractivity (Wildman–Crippen MR) is 104 cm³/mol. The molecule has 0 unspecified atom stereocenters. The van der Waals surface area contributed by atoms with Crippen LogP contribution in [0, 0.1) is 5.92 Å². The highest BCUT2D eigenvalue weighted by molar-refractivity contribution is 5.99. The van der Waals surface area contributed by atoms with Crippen molar-refractivity contribution in [2.75, 3.05) is 56.2 Å². The van der Waals surface area contributed by atoms with Gasteiger partial charge in [-0.2, -0.15) is 0 Å². The Morgan fingerprint density at radius 3 is 2.63 bits per heavy atom. The lowest BCUT2D eigenvalue weighted by atomic mass is 10.0. The fourth-order valence-corrected chi connectivity index (χ4v) is 3.50. The number of fused-ring (bicyclic) bond motifs is 1. The Labute approximate surface area is 160 Å². The van der Waals surface area contributed by atoms with Gasteiger partial charge in [0.15, 0.2) is 6.61 Å². The second-order valence-corrected chi connectivity index (χ2v) is 6.97. The summed E-state index contributed by atoms with van der Waals surface area (Å²) in [6.07, 6.45) is 1.61. The largest absolute Gasteiger partial charge is 0.482 e. The zero-order valence-electron chi connectivity index (χ0n) is 16.2. The Morgan fingerprint density at radius 1 is 1.19 bits per heavy atom. The molecule has 148 valence electrons. The molecule has 1 aromatic carbocycles. The summed E-state index contributed by atoms with van der Waals surface area (Å²) in [4.78, 5) is 28.9. The maximum atomic E-state index is 12.4. The zero-order chi connectivity index (χ0) is 19.2. The average molecular weight is 375 g/mol. The molecule has 1 N–H and O–H groups in total. The number of hydrogen-bond donors (Lipinski definition) is 1. The average Bonchev–Trinajstić information content (AvgIpc) is 2.69. The number of nitrogens with one attached hydrogen (secondary N) is 1. The summed E-state index contributed by atoms with van der Waals surface area (Å²) in [5, 5.41) is 2.98. The first-order valence-corrected chi connectivity index (χ1v) is 9.80. The molecule has 0 aromatic heterocycles. The number of rotatable bonds is 7. The molecule has 0 bridgehead atoms. The number of carbonyl (C=O) groups is 2. The molecule has 0 aliphatic carbocycles. The van der Waals surface area contributed by atoms with Crippen molar-refractivity contribution in [2.24, 2.45) is 5.92 Å². The van der Waals surface area contributed by atoms with Gasteiger partial charge in [0.1, 0.15) is 5.75 Å². The van der Waals surface area contributed by atoms with Gasteiger partial charge in [0.25, 0.3) is 5.91 Å². The van der Waals surface area contributed by atoms with E-state index in [1.54, 1.807) is 4.90 Å². The molecule has 0 atom stereocenters. The van der Waals surface area contributed by atoms with Crippen LogP contribution < -0.4 is 15.0 Å².